The molecule has 0 bridgehead atoms. The normalized spacial score (nSPS) is 12.5. The van der Waals surface area contributed by atoms with E-state index in [-0.39, 0.29) is 5.91 Å². The van der Waals surface area contributed by atoms with Crippen LogP contribution in [0, 0.1) is 6.92 Å². The van der Waals surface area contributed by atoms with Crippen LogP contribution in [-0.2, 0) is 0 Å². The molecule has 0 saturated carbocycles. The maximum absolute atomic E-state index is 12.1. The summed E-state index contributed by atoms with van der Waals surface area (Å²) in [6, 6.07) is 9.72. The molecule has 134 valence electrons. The van der Waals surface area contributed by atoms with E-state index in [4.69, 9.17) is 0 Å². The SMILES string of the molecule is CN=C(NCCNC(=O)c1cccc(C)c1)NCC(C)c1ccsc1. The number of nitrogens with zero attached hydrogens (tertiary/aromatic N) is 1. The maximum atomic E-state index is 12.1. The lowest BCUT2D eigenvalue weighted by Gasteiger charge is -2.15. The van der Waals surface area contributed by atoms with Gasteiger partial charge in [0.05, 0.1) is 0 Å². The van der Waals surface area contributed by atoms with E-state index < -0.39 is 0 Å². The van der Waals surface area contributed by atoms with Crippen molar-refractivity contribution in [2.45, 2.75) is 19.8 Å². The number of guanidine groups is 1. The lowest BCUT2D eigenvalue weighted by molar-refractivity contribution is 0.0954. The van der Waals surface area contributed by atoms with Crippen LogP contribution in [0.3, 0.4) is 0 Å². The zero-order valence-corrected chi connectivity index (χ0v) is 15.8. The first-order valence-electron chi connectivity index (χ1n) is 8.41. The van der Waals surface area contributed by atoms with Crippen molar-refractivity contribution < 1.29 is 4.79 Å². The molecule has 0 saturated heterocycles. The summed E-state index contributed by atoms with van der Waals surface area (Å²) in [7, 11) is 1.75. The second-order valence-electron chi connectivity index (χ2n) is 5.96. The molecule has 2 rings (SSSR count). The van der Waals surface area contributed by atoms with Gasteiger partial charge in [0.2, 0.25) is 0 Å². The molecule has 1 aromatic carbocycles. The maximum Gasteiger partial charge on any atom is 0.251 e. The summed E-state index contributed by atoms with van der Waals surface area (Å²) >= 11 is 1.71. The summed E-state index contributed by atoms with van der Waals surface area (Å²) in [6.45, 7) is 6.12. The Morgan fingerprint density at radius 3 is 2.68 bits per heavy atom. The van der Waals surface area contributed by atoms with Gasteiger partial charge in [0.15, 0.2) is 5.96 Å². The number of hydrogen-bond acceptors (Lipinski definition) is 3. The van der Waals surface area contributed by atoms with Crippen LogP contribution in [0.25, 0.3) is 0 Å². The zero-order valence-electron chi connectivity index (χ0n) is 15.0. The van der Waals surface area contributed by atoms with Gasteiger partial charge in [0, 0.05) is 32.2 Å². The fourth-order valence-electron chi connectivity index (χ4n) is 2.39. The predicted octanol–water partition coefficient (Wildman–Crippen LogP) is 2.76. The minimum absolute atomic E-state index is 0.0560. The van der Waals surface area contributed by atoms with Crippen molar-refractivity contribution in [3.05, 3.63) is 57.8 Å². The van der Waals surface area contributed by atoms with Gasteiger partial charge in [-0.2, -0.15) is 11.3 Å². The molecule has 1 unspecified atom stereocenters. The summed E-state index contributed by atoms with van der Waals surface area (Å²) in [5.74, 6) is 1.11. The van der Waals surface area contributed by atoms with Crippen molar-refractivity contribution in [3.8, 4) is 0 Å². The first-order valence-corrected chi connectivity index (χ1v) is 9.36. The number of benzene rings is 1. The number of hydrogen-bond donors (Lipinski definition) is 3. The van der Waals surface area contributed by atoms with Crippen LogP contribution >= 0.6 is 11.3 Å². The van der Waals surface area contributed by atoms with E-state index in [1.807, 2.05) is 31.2 Å². The van der Waals surface area contributed by atoms with Crippen molar-refractivity contribution in [2.75, 3.05) is 26.7 Å². The van der Waals surface area contributed by atoms with Crippen LogP contribution in [0.15, 0.2) is 46.1 Å². The van der Waals surface area contributed by atoms with Gasteiger partial charge in [-0.3, -0.25) is 9.79 Å². The molecule has 0 spiro atoms. The number of aliphatic imine (C=N–C) groups is 1. The van der Waals surface area contributed by atoms with Gasteiger partial charge in [-0.15, -0.1) is 0 Å². The molecule has 0 radical (unpaired) electrons. The summed E-state index contributed by atoms with van der Waals surface area (Å²) in [4.78, 5) is 16.3. The molecule has 2 aromatic rings. The molecule has 3 N–H and O–H groups in total. The van der Waals surface area contributed by atoms with Gasteiger partial charge in [-0.05, 0) is 47.4 Å². The number of aryl methyl sites for hydroxylation is 1. The second kappa shape index (κ2) is 9.84. The average molecular weight is 359 g/mol. The van der Waals surface area contributed by atoms with Gasteiger partial charge < -0.3 is 16.0 Å². The third-order valence-electron chi connectivity index (χ3n) is 3.89. The highest BCUT2D eigenvalue weighted by atomic mass is 32.1. The molecule has 5 nitrogen and oxygen atoms in total. The van der Waals surface area contributed by atoms with E-state index in [0.717, 1.165) is 18.1 Å². The van der Waals surface area contributed by atoms with Crippen molar-refractivity contribution >= 4 is 23.2 Å². The van der Waals surface area contributed by atoms with Crippen LogP contribution in [0.2, 0.25) is 0 Å². The van der Waals surface area contributed by atoms with E-state index in [2.05, 4.69) is 44.7 Å². The Labute approximate surface area is 153 Å². The first kappa shape index (κ1) is 19.0. The molecule has 1 heterocycles. The predicted molar refractivity (Wildman–Crippen MR) is 106 cm³/mol. The highest BCUT2D eigenvalue weighted by Gasteiger charge is 2.07. The zero-order chi connectivity index (χ0) is 18.1. The monoisotopic (exact) mass is 358 g/mol. The van der Waals surface area contributed by atoms with Gasteiger partial charge >= 0.3 is 0 Å². The molecule has 6 heteroatoms. The standard InChI is InChI=1S/C19H26N4OS/c1-14-5-4-6-16(11-14)18(24)21-8-9-22-19(20-3)23-12-15(2)17-7-10-25-13-17/h4-7,10-11,13,15H,8-9,12H2,1-3H3,(H,21,24)(H2,20,22,23). The third kappa shape index (κ3) is 6.23. The Morgan fingerprint density at radius 1 is 1.20 bits per heavy atom. The molecule has 1 amide bonds. The highest BCUT2D eigenvalue weighted by Crippen LogP contribution is 2.16. The van der Waals surface area contributed by atoms with E-state index in [9.17, 15) is 4.79 Å². The second-order valence-corrected chi connectivity index (χ2v) is 6.74. The number of amides is 1. The average Bonchev–Trinajstić information content (AvgIpc) is 3.15. The third-order valence-corrected chi connectivity index (χ3v) is 4.60. The number of carbonyl (C=O) groups is 1. The van der Waals surface area contributed by atoms with Gasteiger partial charge in [0.1, 0.15) is 0 Å². The largest absolute Gasteiger partial charge is 0.356 e. The topological polar surface area (TPSA) is 65.5 Å². The molecule has 0 aliphatic carbocycles. The summed E-state index contributed by atoms with van der Waals surface area (Å²) < 4.78 is 0. The van der Waals surface area contributed by atoms with Crippen LogP contribution in [0.4, 0.5) is 0 Å². The smallest absolute Gasteiger partial charge is 0.251 e. The van der Waals surface area contributed by atoms with Crippen molar-refractivity contribution in [3.63, 3.8) is 0 Å². The quantitative estimate of drug-likeness (QED) is 0.405. The van der Waals surface area contributed by atoms with Crippen molar-refractivity contribution in [1.29, 1.82) is 0 Å². The van der Waals surface area contributed by atoms with Crippen LogP contribution < -0.4 is 16.0 Å². The van der Waals surface area contributed by atoms with Crippen molar-refractivity contribution in [1.82, 2.24) is 16.0 Å². The molecule has 0 aliphatic rings. The Bertz CT molecular complexity index is 697. The van der Waals surface area contributed by atoms with E-state index in [1.165, 1.54) is 5.56 Å². The molecule has 25 heavy (non-hydrogen) atoms. The molecular weight excluding hydrogens is 332 g/mol. The Hall–Kier alpha value is -2.34. The van der Waals surface area contributed by atoms with Crippen LogP contribution in [-0.4, -0.2) is 38.5 Å². The van der Waals surface area contributed by atoms with Gasteiger partial charge in [-0.1, -0.05) is 24.6 Å². The number of thiophene rings is 1. The van der Waals surface area contributed by atoms with E-state index >= 15 is 0 Å². The minimum Gasteiger partial charge on any atom is -0.356 e. The number of carbonyl (C=O) groups excluding carboxylic acids is 1. The Morgan fingerprint density at radius 2 is 2.00 bits per heavy atom. The molecule has 1 aromatic heterocycles. The summed E-state index contributed by atoms with van der Waals surface area (Å²) in [5.41, 5.74) is 3.10. The molecule has 1 atom stereocenters. The highest BCUT2D eigenvalue weighted by molar-refractivity contribution is 7.07. The van der Waals surface area contributed by atoms with Gasteiger partial charge in [0.25, 0.3) is 5.91 Å². The number of nitrogens with one attached hydrogen (secondary N) is 3. The number of rotatable bonds is 7. The van der Waals surface area contributed by atoms with Gasteiger partial charge in [-0.25, -0.2) is 0 Å². The lowest BCUT2D eigenvalue weighted by atomic mass is 10.1. The summed E-state index contributed by atoms with van der Waals surface area (Å²) in [6.07, 6.45) is 0. The summed E-state index contributed by atoms with van der Waals surface area (Å²) in [5, 5.41) is 13.7. The molecular formula is C19H26N4OS. The molecule has 0 aliphatic heterocycles. The lowest BCUT2D eigenvalue weighted by Crippen LogP contribution is -2.42. The fraction of sp³-hybridized carbons (Fsp3) is 0.368. The molecule has 0 fully saturated rings. The first-order chi connectivity index (χ1) is 12.1. The minimum atomic E-state index is -0.0560. The van der Waals surface area contributed by atoms with E-state index in [0.29, 0.717) is 24.6 Å². The van der Waals surface area contributed by atoms with E-state index in [1.54, 1.807) is 18.4 Å². The fourth-order valence-corrected chi connectivity index (χ4v) is 3.17. The van der Waals surface area contributed by atoms with Crippen molar-refractivity contribution in [2.24, 2.45) is 4.99 Å². The Balaban J connectivity index is 1.68. The van der Waals surface area contributed by atoms with Crippen LogP contribution in [0.5, 0.6) is 0 Å². The van der Waals surface area contributed by atoms with Crippen LogP contribution in [0.1, 0.15) is 34.3 Å². The Kier molecular flexibility index (Phi) is 7.47.